The van der Waals surface area contributed by atoms with Crippen LogP contribution in [0, 0.1) is 0 Å². The van der Waals surface area contributed by atoms with Crippen molar-refractivity contribution in [3.05, 3.63) is 39.8 Å². The number of anilines is 2. The number of piperidine rings is 1. The van der Waals surface area contributed by atoms with Crippen LogP contribution in [-0.2, 0) is 6.54 Å². The zero-order valence-electron chi connectivity index (χ0n) is 13.7. The molecule has 1 saturated heterocycles. The quantitative estimate of drug-likeness (QED) is 0.682. The molecule has 0 amide bonds. The van der Waals surface area contributed by atoms with E-state index in [0.717, 1.165) is 48.6 Å². The first-order valence-corrected chi connectivity index (χ1v) is 9.55. The number of pyridine rings is 1. The van der Waals surface area contributed by atoms with Crippen molar-refractivity contribution in [2.45, 2.75) is 25.4 Å². The Labute approximate surface area is 155 Å². The second-order valence-electron chi connectivity index (χ2n) is 6.15. The number of fused-ring (bicyclic) bond motifs is 1. The summed E-state index contributed by atoms with van der Waals surface area (Å²) in [6.07, 6.45) is 3.62. The van der Waals surface area contributed by atoms with Gasteiger partial charge in [-0.15, -0.1) is 11.3 Å². The van der Waals surface area contributed by atoms with E-state index in [1.807, 2.05) is 12.1 Å². The number of hydrogen-bond acceptors (Lipinski definition) is 7. The molecule has 4 rings (SSSR count). The summed E-state index contributed by atoms with van der Waals surface area (Å²) in [6.45, 7) is 2.46. The normalized spacial score (nSPS) is 15.7. The molecule has 25 heavy (non-hydrogen) atoms. The fraction of sp³-hybridized carbons (Fsp3) is 0.353. The topological polar surface area (TPSA) is 80.0 Å². The Balaban J connectivity index is 1.68. The fourth-order valence-corrected chi connectivity index (χ4v) is 3.76. The Morgan fingerprint density at radius 2 is 2.16 bits per heavy atom. The molecule has 4 heterocycles. The summed E-state index contributed by atoms with van der Waals surface area (Å²) < 4.78 is 0. The predicted molar refractivity (Wildman–Crippen MR) is 103 cm³/mol. The van der Waals surface area contributed by atoms with Crippen LogP contribution in [0.3, 0.4) is 0 Å². The van der Waals surface area contributed by atoms with Crippen molar-refractivity contribution >= 4 is 45.6 Å². The number of aromatic nitrogens is 3. The van der Waals surface area contributed by atoms with Crippen molar-refractivity contribution in [2.24, 2.45) is 5.73 Å². The van der Waals surface area contributed by atoms with E-state index in [2.05, 4.69) is 31.6 Å². The molecule has 0 radical (unpaired) electrons. The number of nitrogens with one attached hydrogen (secondary N) is 1. The van der Waals surface area contributed by atoms with Gasteiger partial charge in [-0.05, 0) is 30.4 Å². The van der Waals surface area contributed by atoms with Gasteiger partial charge in [0.25, 0.3) is 0 Å². The molecule has 1 fully saturated rings. The zero-order chi connectivity index (χ0) is 17.2. The van der Waals surface area contributed by atoms with Gasteiger partial charge in [-0.25, -0.2) is 9.97 Å². The summed E-state index contributed by atoms with van der Waals surface area (Å²) in [5.74, 6) is 1.50. The van der Waals surface area contributed by atoms with Crippen LogP contribution in [0.1, 0.15) is 17.7 Å². The lowest BCUT2D eigenvalue weighted by molar-refractivity contribution is 0.496. The van der Waals surface area contributed by atoms with Gasteiger partial charge < -0.3 is 16.0 Å². The smallest absolute Gasteiger partial charge is 0.227 e. The first-order valence-electron chi connectivity index (χ1n) is 8.29. The third-order valence-corrected chi connectivity index (χ3v) is 5.45. The van der Waals surface area contributed by atoms with Gasteiger partial charge in [-0.2, -0.15) is 4.98 Å². The second-order valence-corrected chi connectivity index (χ2v) is 7.57. The summed E-state index contributed by atoms with van der Waals surface area (Å²) in [7, 11) is 0. The number of halogens is 1. The highest BCUT2D eigenvalue weighted by Crippen LogP contribution is 2.27. The summed E-state index contributed by atoms with van der Waals surface area (Å²) in [4.78, 5) is 17.1. The number of rotatable bonds is 4. The first-order chi connectivity index (χ1) is 12.2. The van der Waals surface area contributed by atoms with Crippen LogP contribution in [-0.4, -0.2) is 34.1 Å². The lowest BCUT2D eigenvalue weighted by atomic mass is 10.1. The summed E-state index contributed by atoms with van der Waals surface area (Å²) in [5.41, 5.74) is 6.80. The largest absolute Gasteiger partial charge is 0.364 e. The lowest BCUT2D eigenvalue weighted by Crippen LogP contribution is -2.40. The van der Waals surface area contributed by atoms with E-state index in [1.165, 1.54) is 4.88 Å². The number of nitrogens with two attached hydrogens (primary N) is 1. The molecule has 0 unspecified atom stereocenters. The molecule has 3 N–H and O–H groups in total. The van der Waals surface area contributed by atoms with Gasteiger partial charge in [-0.3, -0.25) is 0 Å². The van der Waals surface area contributed by atoms with E-state index < -0.39 is 0 Å². The van der Waals surface area contributed by atoms with Crippen LogP contribution >= 0.6 is 22.9 Å². The Kier molecular flexibility index (Phi) is 4.70. The van der Waals surface area contributed by atoms with Gasteiger partial charge in [0.2, 0.25) is 5.95 Å². The minimum Gasteiger partial charge on any atom is -0.364 e. The maximum absolute atomic E-state index is 6.08. The monoisotopic (exact) mass is 374 g/mol. The lowest BCUT2D eigenvalue weighted by Gasteiger charge is -2.30. The molecule has 3 aromatic heterocycles. The van der Waals surface area contributed by atoms with Crippen LogP contribution in [0.2, 0.25) is 5.15 Å². The molecule has 1 aliphatic rings. The molecule has 0 saturated carbocycles. The highest BCUT2D eigenvalue weighted by atomic mass is 35.5. The Morgan fingerprint density at radius 3 is 2.92 bits per heavy atom. The second kappa shape index (κ2) is 7.11. The molecule has 0 aromatic carbocycles. The molecular formula is C17H19ClN6S. The van der Waals surface area contributed by atoms with E-state index in [-0.39, 0.29) is 6.04 Å². The third-order valence-electron chi connectivity index (χ3n) is 4.37. The van der Waals surface area contributed by atoms with Crippen molar-refractivity contribution in [3.8, 4) is 0 Å². The summed E-state index contributed by atoms with van der Waals surface area (Å²) in [6, 6.07) is 6.23. The summed E-state index contributed by atoms with van der Waals surface area (Å²) >= 11 is 7.79. The van der Waals surface area contributed by atoms with E-state index in [1.54, 1.807) is 17.5 Å². The zero-order valence-corrected chi connectivity index (χ0v) is 15.2. The van der Waals surface area contributed by atoms with Crippen LogP contribution in [0.15, 0.2) is 29.8 Å². The standard InChI is InChI=1S/C17H19ClN6S/c18-15-8-13-14(10-20-15)22-17(24-5-3-11(19)4-6-24)23-16(13)21-9-12-2-1-7-25-12/h1-2,7-8,10-11H,3-6,9,19H2,(H,21,22,23). The van der Waals surface area contributed by atoms with E-state index in [4.69, 9.17) is 22.3 Å². The highest BCUT2D eigenvalue weighted by molar-refractivity contribution is 7.09. The van der Waals surface area contributed by atoms with Gasteiger partial charge in [0, 0.05) is 29.4 Å². The van der Waals surface area contributed by atoms with Crippen LogP contribution in [0.5, 0.6) is 0 Å². The number of thiophene rings is 1. The van der Waals surface area contributed by atoms with Crippen LogP contribution < -0.4 is 16.0 Å². The van der Waals surface area contributed by atoms with Crippen LogP contribution in [0.25, 0.3) is 10.9 Å². The van der Waals surface area contributed by atoms with E-state index >= 15 is 0 Å². The maximum atomic E-state index is 6.08. The Hall–Kier alpha value is -1.96. The fourth-order valence-electron chi connectivity index (χ4n) is 2.95. The van der Waals surface area contributed by atoms with Gasteiger partial charge in [0.1, 0.15) is 11.0 Å². The Morgan fingerprint density at radius 1 is 1.32 bits per heavy atom. The summed E-state index contributed by atoms with van der Waals surface area (Å²) in [5, 5.41) is 6.82. The molecule has 1 aliphatic heterocycles. The molecule has 0 spiro atoms. The van der Waals surface area contributed by atoms with Gasteiger partial charge in [-0.1, -0.05) is 17.7 Å². The predicted octanol–water partition coefficient (Wildman–Crippen LogP) is 3.28. The van der Waals surface area contributed by atoms with E-state index in [9.17, 15) is 0 Å². The third kappa shape index (κ3) is 3.68. The number of hydrogen-bond donors (Lipinski definition) is 2. The minimum atomic E-state index is 0.272. The van der Waals surface area contributed by atoms with Crippen LogP contribution in [0.4, 0.5) is 11.8 Å². The molecule has 3 aromatic rings. The maximum Gasteiger partial charge on any atom is 0.227 e. The van der Waals surface area contributed by atoms with Crippen molar-refractivity contribution in [2.75, 3.05) is 23.3 Å². The molecule has 0 atom stereocenters. The van der Waals surface area contributed by atoms with Gasteiger partial charge >= 0.3 is 0 Å². The highest BCUT2D eigenvalue weighted by Gasteiger charge is 2.20. The van der Waals surface area contributed by atoms with Crippen molar-refractivity contribution in [3.63, 3.8) is 0 Å². The first kappa shape index (κ1) is 16.5. The SMILES string of the molecule is NC1CCN(c2nc(NCc3cccs3)c3cc(Cl)ncc3n2)CC1. The molecule has 8 heteroatoms. The molecular weight excluding hydrogens is 356 g/mol. The average Bonchev–Trinajstić information content (AvgIpc) is 3.14. The van der Waals surface area contributed by atoms with Crippen molar-refractivity contribution in [1.82, 2.24) is 15.0 Å². The van der Waals surface area contributed by atoms with Crippen molar-refractivity contribution < 1.29 is 0 Å². The van der Waals surface area contributed by atoms with Gasteiger partial charge in [0.05, 0.1) is 18.3 Å². The molecule has 6 nitrogen and oxygen atoms in total. The average molecular weight is 375 g/mol. The molecule has 0 aliphatic carbocycles. The van der Waals surface area contributed by atoms with E-state index in [0.29, 0.717) is 11.7 Å². The Bertz CT molecular complexity index is 861. The molecule has 130 valence electrons. The van der Waals surface area contributed by atoms with Gasteiger partial charge in [0.15, 0.2) is 0 Å². The number of nitrogens with zero attached hydrogens (tertiary/aromatic N) is 4. The molecule has 0 bridgehead atoms. The minimum absolute atomic E-state index is 0.272. The van der Waals surface area contributed by atoms with Crippen molar-refractivity contribution in [1.29, 1.82) is 0 Å².